The number of nitrogens with zero attached hydrogens (tertiary/aromatic N) is 1. The van der Waals surface area contributed by atoms with Gasteiger partial charge < -0.3 is 5.32 Å². The van der Waals surface area contributed by atoms with Crippen molar-refractivity contribution in [2.24, 2.45) is 5.92 Å². The number of carbonyl (C=O) groups is 1. The molecule has 0 bridgehead atoms. The highest BCUT2D eigenvalue weighted by Gasteiger charge is 2.31. The summed E-state index contributed by atoms with van der Waals surface area (Å²) in [6.07, 6.45) is 4.27. The Balaban J connectivity index is 2.08. The topological polar surface area (TPSA) is 101 Å². The molecule has 0 spiro atoms. The number of sulfone groups is 1. The lowest BCUT2D eigenvalue weighted by Gasteiger charge is -2.31. The molecule has 1 aliphatic heterocycles. The number of amides is 1. The van der Waals surface area contributed by atoms with E-state index in [9.17, 15) is 21.6 Å². The molecule has 9 heteroatoms. The van der Waals surface area contributed by atoms with E-state index in [0.29, 0.717) is 25.8 Å². The number of hydrogen-bond acceptors (Lipinski definition) is 5. The number of sulfonamides is 1. The molecule has 0 saturated carbocycles. The van der Waals surface area contributed by atoms with Gasteiger partial charge in [-0.3, -0.25) is 4.79 Å². The molecule has 1 aliphatic rings. The zero-order valence-corrected chi connectivity index (χ0v) is 16.9. The summed E-state index contributed by atoms with van der Waals surface area (Å²) in [5, 5.41) is 2.97. The van der Waals surface area contributed by atoms with Gasteiger partial charge in [0.15, 0.2) is 9.84 Å². The second-order valence-electron chi connectivity index (χ2n) is 6.77. The first-order valence-electron chi connectivity index (χ1n) is 8.58. The molecule has 0 aliphatic carbocycles. The Morgan fingerprint density at radius 1 is 1.19 bits per heavy atom. The maximum Gasteiger partial charge on any atom is 0.224 e. The number of benzene rings is 1. The molecule has 1 aromatic carbocycles. The average molecular weight is 403 g/mol. The molecule has 1 amide bonds. The first kappa shape index (κ1) is 20.9. The van der Waals surface area contributed by atoms with Crippen molar-refractivity contribution in [2.45, 2.75) is 37.1 Å². The van der Waals surface area contributed by atoms with Gasteiger partial charge in [-0.1, -0.05) is 19.1 Å². The van der Waals surface area contributed by atoms with Crippen LogP contribution in [0, 0.1) is 5.92 Å². The maximum atomic E-state index is 12.6. The highest BCUT2D eigenvalue weighted by Crippen LogP contribution is 2.23. The minimum absolute atomic E-state index is 0.169. The predicted octanol–water partition coefficient (Wildman–Crippen LogP) is 1.33. The molecule has 1 N–H and O–H groups in total. The summed E-state index contributed by atoms with van der Waals surface area (Å²) in [5.74, 6) is -0.541. The van der Waals surface area contributed by atoms with Gasteiger partial charge in [0, 0.05) is 19.3 Å². The lowest BCUT2D eigenvalue weighted by molar-refractivity contribution is -0.126. The Bertz CT molecular complexity index is 848. The largest absolute Gasteiger partial charge is 0.349 e. The molecule has 26 heavy (non-hydrogen) atoms. The third-order valence-electron chi connectivity index (χ3n) is 4.66. The third kappa shape index (κ3) is 5.28. The summed E-state index contributed by atoms with van der Waals surface area (Å²) < 4.78 is 47.9. The van der Waals surface area contributed by atoms with Crippen LogP contribution in [0.5, 0.6) is 0 Å². The van der Waals surface area contributed by atoms with Crippen LogP contribution in [0.25, 0.3) is 0 Å². The number of hydrogen-bond donors (Lipinski definition) is 1. The van der Waals surface area contributed by atoms with Crippen LogP contribution in [-0.2, 0) is 24.7 Å². The molecular weight excluding hydrogens is 376 g/mol. The van der Waals surface area contributed by atoms with E-state index in [4.69, 9.17) is 0 Å². The summed E-state index contributed by atoms with van der Waals surface area (Å²) >= 11 is 0. The zero-order chi connectivity index (χ0) is 19.5. The van der Waals surface area contributed by atoms with Crippen LogP contribution in [0.4, 0.5) is 0 Å². The fourth-order valence-electron chi connectivity index (χ4n) is 3.12. The minimum Gasteiger partial charge on any atom is -0.349 e. The molecule has 1 fully saturated rings. The van der Waals surface area contributed by atoms with E-state index in [0.717, 1.165) is 18.1 Å². The van der Waals surface area contributed by atoms with Crippen LogP contribution < -0.4 is 5.32 Å². The molecule has 0 aromatic heterocycles. The van der Waals surface area contributed by atoms with Crippen molar-refractivity contribution in [1.82, 2.24) is 9.62 Å². The van der Waals surface area contributed by atoms with Gasteiger partial charge in [0.05, 0.1) is 23.1 Å². The molecule has 7 nitrogen and oxygen atoms in total. The predicted molar refractivity (Wildman–Crippen MR) is 99.9 cm³/mol. The van der Waals surface area contributed by atoms with Gasteiger partial charge in [0.2, 0.25) is 15.9 Å². The first-order valence-corrected chi connectivity index (χ1v) is 12.3. The molecule has 1 heterocycles. The minimum atomic E-state index is -3.30. The SMILES string of the molecule is CC[C@@H](NC(=O)[C@H]1CCCN(S(C)(=O)=O)C1)c1ccc(S(C)(=O)=O)cc1. The Hall–Kier alpha value is -1.45. The van der Waals surface area contributed by atoms with Gasteiger partial charge in [0.25, 0.3) is 0 Å². The lowest BCUT2D eigenvalue weighted by atomic mass is 9.97. The van der Waals surface area contributed by atoms with Crippen LogP contribution in [0.15, 0.2) is 29.2 Å². The number of carbonyl (C=O) groups excluding carboxylic acids is 1. The standard InChI is InChI=1S/C17H26N2O5S2/c1-4-16(13-7-9-15(10-8-13)25(2,21)22)18-17(20)14-6-5-11-19(12-14)26(3,23)24/h7-10,14,16H,4-6,11-12H2,1-3H3,(H,18,20)/t14-,16+/m0/s1. The van der Waals surface area contributed by atoms with Crippen LogP contribution in [0.2, 0.25) is 0 Å². The van der Waals surface area contributed by atoms with Crippen molar-refractivity contribution in [3.05, 3.63) is 29.8 Å². The summed E-state index contributed by atoms with van der Waals surface area (Å²) in [7, 11) is -6.56. The lowest BCUT2D eigenvalue weighted by Crippen LogP contribution is -2.45. The Morgan fingerprint density at radius 2 is 1.81 bits per heavy atom. The normalized spacial score (nSPS) is 20.5. The van der Waals surface area contributed by atoms with E-state index >= 15 is 0 Å². The van der Waals surface area contributed by atoms with Gasteiger partial charge in [-0.05, 0) is 37.0 Å². The maximum absolute atomic E-state index is 12.6. The Morgan fingerprint density at radius 3 is 2.31 bits per heavy atom. The van der Waals surface area contributed by atoms with Crippen molar-refractivity contribution in [2.75, 3.05) is 25.6 Å². The molecule has 0 unspecified atom stereocenters. The van der Waals surface area contributed by atoms with Gasteiger partial charge in [-0.2, -0.15) is 0 Å². The molecule has 1 aromatic rings. The second-order valence-corrected chi connectivity index (χ2v) is 10.8. The third-order valence-corrected chi connectivity index (χ3v) is 7.06. The van der Waals surface area contributed by atoms with Crippen molar-refractivity contribution < 1.29 is 21.6 Å². The monoisotopic (exact) mass is 402 g/mol. The van der Waals surface area contributed by atoms with Crippen LogP contribution >= 0.6 is 0 Å². The molecule has 2 atom stereocenters. The van der Waals surface area contributed by atoms with Crippen molar-refractivity contribution in [1.29, 1.82) is 0 Å². The Kier molecular flexibility index (Phi) is 6.46. The van der Waals surface area contributed by atoms with E-state index in [1.54, 1.807) is 12.1 Å². The molecule has 0 radical (unpaired) electrons. The molecule has 1 saturated heterocycles. The first-order chi connectivity index (χ1) is 12.0. The summed E-state index contributed by atoms with van der Waals surface area (Å²) in [5.41, 5.74) is 0.823. The highest BCUT2D eigenvalue weighted by molar-refractivity contribution is 7.90. The zero-order valence-electron chi connectivity index (χ0n) is 15.3. The van der Waals surface area contributed by atoms with Crippen LogP contribution in [-0.4, -0.2) is 52.6 Å². The highest BCUT2D eigenvalue weighted by atomic mass is 32.2. The number of rotatable bonds is 6. The van der Waals surface area contributed by atoms with Crippen molar-refractivity contribution >= 4 is 25.8 Å². The fourth-order valence-corrected chi connectivity index (χ4v) is 4.66. The molecule has 2 rings (SSSR count). The van der Waals surface area contributed by atoms with Gasteiger partial charge in [-0.25, -0.2) is 21.1 Å². The molecular formula is C17H26N2O5S2. The van der Waals surface area contributed by atoms with Gasteiger partial charge in [-0.15, -0.1) is 0 Å². The summed E-state index contributed by atoms with van der Waals surface area (Å²) in [6.45, 7) is 2.58. The van der Waals surface area contributed by atoms with E-state index in [1.165, 1.54) is 16.4 Å². The van der Waals surface area contributed by atoms with Crippen molar-refractivity contribution in [3.63, 3.8) is 0 Å². The van der Waals surface area contributed by atoms with Gasteiger partial charge in [0.1, 0.15) is 0 Å². The second kappa shape index (κ2) is 8.06. The Labute approximate surface area is 155 Å². The summed E-state index contributed by atoms with van der Waals surface area (Å²) in [4.78, 5) is 12.8. The van der Waals surface area contributed by atoms with Crippen LogP contribution in [0.3, 0.4) is 0 Å². The quantitative estimate of drug-likeness (QED) is 0.774. The van der Waals surface area contributed by atoms with E-state index in [1.807, 2.05) is 6.92 Å². The van der Waals surface area contributed by atoms with Gasteiger partial charge >= 0.3 is 0 Å². The fraction of sp³-hybridized carbons (Fsp3) is 0.588. The summed E-state index contributed by atoms with van der Waals surface area (Å²) in [6, 6.07) is 6.23. The van der Waals surface area contributed by atoms with Crippen molar-refractivity contribution in [3.8, 4) is 0 Å². The number of piperidine rings is 1. The number of nitrogens with one attached hydrogen (secondary N) is 1. The molecule has 146 valence electrons. The van der Waals surface area contributed by atoms with Crippen LogP contribution in [0.1, 0.15) is 37.8 Å². The smallest absolute Gasteiger partial charge is 0.224 e. The van der Waals surface area contributed by atoms with E-state index in [-0.39, 0.29) is 29.3 Å². The van der Waals surface area contributed by atoms with E-state index < -0.39 is 19.9 Å². The average Bonchev–Trinajstić information content (AvgIpc) is 2.58. The van der Waals surface area contributed by atoms with E-state index in [2.05, 4.69) is 5.32 Å².